The van der Waals surface area contributed by atoms with Gasteiger partial charge in [-0.05, 0) is 72.1 Å². The molecule has 0 unspecified atom stereocenters. The number of allylic oxidation sites excluding steroid dienone is 4. The van der Waals surface area contributed by atoms with E-state index in [4.69, 9.17) is 31.0 Å². The molecule has 43 heavy (non-hydrogen) atoms. The summed E-state index contributed by atoms with van der Waals surface area (Å²) >= 11 is 8.29. The number of furan rings is 1. The third kappa shape index (κ3) is 4.00. The van der Waals surface area contributed by atoms with Crippen molar-refractivity contribution in [3.8, 4) is 22.8 Å². The fraction of sp³-hybridized carbons (Fsp3) is 0.0541. The highest BCUT2D eigenvalue weighted by molar-refractivity contribution is 7.25. The quantitative estimate of drug-likeness (QED) is 0.205. The second-order valence-electron chi connectivity index (χ2n) is 10.8. The van der Waals surface area contributed by atoms with Crippen LogP contribution in [-0.4, -0.2) is 15.0 Å². The molecule has 3 aromatic heterocycles. The molecule has 0 N–H and O–H groups in total. The van der Waals surface area contributed by atoms with Gasteiger partial charge in [0.15, 0.2) is 17.5 Å². The molecule has 0 aliphatic heterocycles. The fourth-order valence-corrected chi connectivity index (χ4v) is 7.45. The molecule has 0 saturated heterocycles. The second kappa shape index (κ2) is 9.60. The molecule has 0 bridgehead atoms. The molecule has 9 rings (SSSR count). The lowest BCUT2D eigenvalue weighted by Gasteiger charge is -2.11. The Kier molecular flexibility index (Phi) is 5.52. The van der Waals surface area contributed by atoms with Gasteiger partial charge in [-0.1, -0.05) is 72.3 Å². The van der Waals surface area contributed by atoms with Gasteiger partial charge in [0.2, 0.25) is 0 Å². The van der Waals surface area contributed by atoms with Crippen LogP contribution in [0.3, 0.4) is 0 Å². The zero-order chi connectivity index (χ0) is 28.5. The summed E-state index contributed by atoms with van der Waals surface area (Å²) in [7, 11) is 0. The van der Waals surface area contributed by atoms with E-state index in [9.17, 15) is 0 Å². The van der Waals surface area contributed by atoms with Crippen LogP contribution in [0.25, 0.3) is 81.2 Å². The van der Waals surface area contributed by atoms with E-state index in [1.807, 2.05) is 36.4 Å². The minimum absolute atomic E-state index is 0.613. The van der Waals surface area contributed by atoms with Crippen molar-refractivity contribution in [2.45, 2.75) is 12.8 Å². The topological polar surface area (TPSA) is 51.8 Å². The van der Waals surface area contributed by atoms with Crippen molar-refractivity contribution >= 4 is 81.4 Å². The summed E-state index contributed by atoms with van der Waals surface area (Å²) in [6, 6.07) is 31.2. The highest BCUT2D eigenvalue weighted by Crippen LogP contribution is 2.41. The van der Waals surface area contributed by atoms with Crippen molar-refractivity contribution in [1.82, 2.24) is 15.0 Å². The predicted octanol–water partition coefficient (Wildman–Crippen LogP) is 11.0. The molecule has 0 saturated carbocycles. The minimum Gasteiger partial charge on any atom is -0.456 e. The summed E-state index contributed by atoms with van der Waals surface area (Å²) in [5, 5.41) is 7.27. The van der Waals surface area contributed by atoms with E-state index in [-0.39, 0.29) is 0 Å². The molecular weight excluding hydrogens is 570 g/mol. The molecule has 8 aromatic rings. The van der Waals surface area contributed by atoms with E-state index < -0.39 is 0 Å². The summed E-state index contributed by atoms with van der Waals surface area (Å²) in [6.07, 6.45) is 8.49. The van der Waals surface area contributed by atoms with Crippen molar-refractivity contribution in [2.75, 3.05) is 0 Å². The predicted molar refractivity (Wildman–Crippen MR) is 180 cm³/mol. The van der Waals surface area contributed by atoms with Gasteiger partial charge in [-0.15, -0.1) is 11.3 Å². The van der Waals surface area contributed by atoms with Crippen LogP contribution in [0.5, 0.6) is 0 Å². The lowest BCUT2D eigenvalue weighted by Crippen LogP contribution is -2.03. The number of fused-ring (bicyclic) bond motifs is 8. The van der Waals surface area contributed by atoms with Gasteiger partial charge in [0.1, 0.15) is 11.2 Å². The molecule has 0 fully saturated rings. The van der Waals surface area contributed by atoms with Crippen LogP contribution in [-0.2, 0) is 0 Å². The van der Waals surface area contributed by atoms with Crippen LogP contribution in [0.2, 0.25) is 5.02 Å². The summed E-state index contributed by atoms with van der Waals surface area (Å²) in [4.78, 5) is 15.3. The van der Waals surface area contributed by atoms with Crippen molar-refractivity contribution < 1.29 is 4.42 Å². The Labute approximate surface area is 255 Å². The lowest BCUT2D eigenvalue weighted by atomic mass is 10.00. The Morgan fingerprint density at radius 1 is 0.651 bits per heavy atom. The maximum absolute atomic E-state index is 6.48. The molecule has 3 heterocycles. The number of benzene rings is 5. The first kappa shape index (κ1) is 24.7. The maximum Gasteiger partial charge on any atom is 0.164 e. The van der Waals surface area contributed by atoms with Gasteiger partial charge in [-0.25, -0.2) is 15.0 Å². The maximum atomic E-state index is 6.48. The third-order valence-corrected chi connectivity index (χ3v) is 9.59. The van der Waals surface area contributed by atoms with Crippen LogP contribution in [0.15, 0.2) is 114 Å². The standard InChI is InChI=1S/C37H22ClN3OS/c38-24-16-13-21-14-17-30-34(27(21)20-24)33-26(10-6-11-29(33)42-30)37-40-35(22-7-2-1-3-8-22)39-36(41-37)23-15-18-32-28(19-23)25-9-4-5-12-31(25)43-32/h2,4-20H,1,3H2. The summed E-state index contributed by atoms with van der Waals surface area (Å²) in [6.45, 7) is 0. The zero-order valence-corrected chi connectivity index (χ0v) is 24.4. The van der Waals surface area contributed by atoms with Crippen molar-refractivity contribution in [3.63, 3.8) is 0 Å². The largest absolute Gasteiger partial charge is 0.456 e. The molecule has 4 nitrogen and oxygen atoms in total. The number of aromatic nitrogens is 3. The summed E-state index contributed by atoms with van der Waals surface area (Å²) < 4.78 is 8.89. The van der Waals surface area contributed by atoms with Crippen LogP contribution in [0, 0.1) is 0 Å². The molecule has 1 aliphatic rings. The van der Waals surface area contributed by atoms with Crippen LogP contribution in [0.1, 0.15) is 18.7 Å². The van der Waals surface area contributed by atoms with Gasteiger partial charge < -0.3 is 4.42 Å². The summed E-state index contributed by atoms with van der Waals surface area (Å²) in [5.74, 6) is 1.93. The van der Waals surface area contributed by atoms with Gasteiger partial charge in [0, 0.05) is 52.7 Å². The van der Waals surface area contributed by atoms with E-state index in [1.165, 1.54) is 20.2 Å². The van der Waals surface area contributed by atoms with Crippen molar-refractivity contribution in [1.29, 1.82) is 0 Å². The molecule has 1 aliphatic carbocycles. The SMILES string of the molecule is Clc1ccc2ccc3oc4cccc(-c5nc(C6=CCCC=C6)nc(-c6ccc7sc8ccccc8c7c6)n5)c4c3c2c1. The average Bonchev–Trinajstić information content (AvgIpc) is 3.63. The van der Waals surface area contributed by atoms with Gasteiger partial charge in [0.05, 0.1) is 0 Å². The lowest BCUT2D eigenvalue weighted by molar-refractivity contribution is 0.669. The number of thiophene rings is 1. The Hall–Kier alpha value is -4.84. The number of nitrogens with zero attached hydrogens (tertiary/aromatic N) is 3. The Morgan fingerprint density at radius 2 is 1.49 bits per heavy atom. The number of hydrogen-bond donors (Lipinski definition) is 0. The molecule has 6 heteroatoms. The van der Waals surface area contributed by atoms with Gasteiger partial charge in [0.25, 0.3) is 0 Å². The Balaban J connectivity index is 1.33. The second-order valence-corrected chi connectivity index (χ2v) is 12.4. The first-order valence-corrected chi connectivity index (χ1v) is 15.5. The van der Waals surface area contributed by atoms with Gasteiger partial charge in [-0.3, -0.25) is 0 Å². The van der Waals surface area contributed by atoms with E-state index in [0.717, 1.165) is 62.3 Å². The van der Waals surface area contributed by atoms with Crippen LogP contribution in [0.4, 0.5) is 0 Å². The molecule has 5 aromatic carbocycles. The van der Waals surface area contributed by atoms with Crippen LogP contribution >= 0.6 is 22.9 Å². The fourth-order valence-electron chi connectivity index (χ4n) is 6.19. The Morgan fingerprint density at radius 3 is 2.42 bits per heavy atom. The number of hydrogen-bond acceptors (Lipinski definition) is 5. The molecule has 204 valence electrons. The molecule has 0 amide bonds. The number of rotatable bonds is 3. The molecule has 0 spiro atoms. The smallest absolute Gasteiger partial charge is 0.164 e. The average molecular weight is 592 g/mol. The van der Waals surface area contributed by atoms with Gasteiger partial charge in [-0.2, -0.15) is 0 Å². The summed E-state index contributed by atoms with van der Waals surface area (Å²) in [5.41, 5.74) is 4.46. The molecule has 0 radical (unpaired) electrons. The number of halogens is 1. The first-order chi connectivity index (χ1) is 21.2. The monoisotopic (exact) mass is 591 g/mol. The normalized spacial score (nSPS) is 13.6. The Bertz CT molecular complexity index is 2490. The minimum atomic E-state index is 0.613. The third-order valence-electron chi connectivity index (χ3n) is 8.21. The zero-order valence-electron chi connectivity index (χ0n) is 22.8. The van der Waals surface area contributed by atoms with E-state index >= 15 is 0 Å². The van der Waals surface area contributed by atoms with Gasteiger partial charge >= 0.3 is 0 Å². The highest BCUT2D eigenvalue weighted by atomic mass is 35.5. The molecule has 0 atom stereocenters. The van der Waals surface area contributed by atoms with E-state index in [1.54, 1.807) is 11.3 Å². The van der Waals surface area contributed by atoms with E-state index in [2.05, 4.69) is 72.8 Å². The van der Waals surface area contributed by atoms with Crippen molar-refractivity contribution in [3.05, 3.63) is 120 Å². The molecular formula is C37H22ClN3OS. The van der Waals surface area contributed by atoms with Crippen molar-refractivity contribution in [2.24, 2.45) is 0 Å². The highest BCUT2D eigenvalue weighted by Gasteiger charge is 2.20. The first-order valence-electron chi connectivity index (χ1n) is 14.3. The van der Waals surface area contributed by atoms with Crippen LogP contribution < -0.4 is 0 Å². The van der Waals surface area contributed by atoms with E-state index in [0.29, 0.717) is 22.5 Å².